The highest BCUT2D eigenvalue weighted by Crippen LogP contribution is 2.09. The molecule has 1 unspecified atom stereocenters. The molecular formula is C12H24N2O2. The molecule has 0 saturated carbocycles. The number of carbonyl (C=O) groups excluding carboxylic acids is 1. The molecule has 94 valence electrons. The molecule has 0 aromatic heterocycles. The zero-order valence-electron chi connectivity index (χ0n) is 10.5. The molecule has 16 heavy (non-hydrogen) atoms. The summed E-state index contributed by atoms with van der Waals surface area (Å²) < 4.78 is 4.99. The summed E-state index contributed by atoms with van der Waals surface area (Å²) >= 11 is 0. The van der Waals surface area contributed by atoms with E-state index in [0.29, 0.717) is 6.61 Å². The molecule has 0 spiro atoms. The van der Waals surface area contributed by atoms with Crippen LogP contribution in [-0.2, 0) is 4.74 Å². The standard InChI is InChI=1S/C12H24N2O2/c1-11(7-10-16-2)13-12(15)14-8-5-3-4-6-9-14/h11H,3-10H2,1-2H3,(H,13,15). The smallest absolute Gasteiger partial charge is 0.317 e. The van der Waals surface area contributed by atoms with Crippen LogP contribution in [0.15, 0.2) is 0 Å². The van der Waals surface area contributed by atoms with Gasteiger partial charge in [0.25, 0.3) is 0 Å². The van der Waals surface area contributed by atoms with Gasteiger partial charge in [0.05, 0.1) is 0 Å². The van der Waals surface area contributed by atoms with E-state index in [4.69, 9.17) is 4.74 Å². The lowest BCUT2D eigenvalue weighted by atomic mass is 10.2. The van der Waals surface area contributed by atoms with Crippen LogP contribution in [0.25, 0.3) is 0 Å². The van der Waals surface area contributed by atoms with Crippen LogP contribution in [0.3, 0.4) is 0 Å². The predicted molar refractivity (Wildman–Crippen MR) is 64.5 cm³/mol. The van der Waals surface area contributed by atoms with Crippen molar-refractivity contribution in [2.75, 3.05) is 26.8 Å². The van der Waals surface area contributed by atoms with Gasteiger partial charge < -0.3 is 15.0 Å². The number of methoxy groups -OCH3 is 1. The first-order valence-electron chi connectivity index (χ1n) is 6.28. The van der Waals surface area contributed by atoms with Gasteiger partial charge in [-0.05, 0) is 26.2 Å². The number of amides is 2. The van der Waals surface area contributed by atoms with E-state index in [1.165, 1.54) is 12.8 Å². The summed E-state index contributed by atoms with van der Waals surface area (Å²) in [6, 6.07) is 0.279. The first-order valence-corrected chi connectivity index (χ1v) is 6.28. The number of rotatable bonds is 4. The highest BCUT2D eigenvalue weighted by molar-refractivity contribution is 5.74. The van der Waals surface area contributed by atoms with Gasteiger partial charge in [0, 0.05) is 32.8 Å². The maximum absolute atomic E-state index is 11.9. The first kappa shape index (κ1) is 13.3. The van der Waals surface area contributed by atoms with Crippen molar-refractivity contribution in [3.8, 4) is 0 Å². The van der Waals surface area contributed by atoms with Gasteiger partial charge in [-0.1, -0.05) is 12.8 Å². The molecule has 1 aliphatic heterocycles. The molecule has 4 heteroatoms. The fourth-order valence-electron chi connectivity index (χ4n) is 1.94. The Kier molecular flexibility index (Phi) is 6.23. The van der Waals surface area contributed by atoms with E-state index in [1.807, 2.05) is 11.8 Å². The molecule has 1 fully saturated rings. The molecule has 0 aromatic carbocycles. The van der Waals surface area contributed by atoms with Crippen molar-refractivity contribution >= 4 is 6.03 Å². The fourth-order valence-corrected chi connectivity index (χ4v) is 1.94. The van der Waals surface area contributed by atoms with Gasteiger partial charge in [-0.15, -0.1) is 0 Å². The Morgan fingerprint density at radius 2 is 1.94 bits per heavy atom. The average molecular weight is 228 g/mol. The number of nitrogens with zero attached hydrogens (tertiary/aromatic N) is 1. The third kappa shape index (κ3) is 4.84. The molecule has 2 amide bonds. The van der Waals surface area contributed by atoms with E-state index in [-0.39, 0.29) is 12.1 Å². The van der Waals surface area contributed by atoms with Gasteiger partial charge in [-0.3, -0.25) is 0 Å². The van der Waals surface area contributed by atoms with Crippen molar-refractivity contribution in [3.63, 3.8) is 0 Å². The monoisotopic (exact) mass is 228 g/mol. The Bertz CT molecular complexity index is 201. The summed E-state index contributed by atoms with van der Waals surface area (Å²) in [6.45, 7) is 4.53. The van der Waals surface area contributed by atoms with Gasteiger partial charge >= 0.3 is 6.03 Å². The lowest BCUT2D eigenvalue weighted by Gasteiger charge is -2.23. The highest BCUT2D eigenvalue weighted by atomic mass is 16.5. The largest absolute Gasteiger partial charge is 0.385 e. The molecule has 1 N–H and O–H groups in total. The molecule has 0 aromatic rings. The second kappa shape index (κ2) is 7.49. The Hall–Kier alpha value is -0.770. The molecule has 4 nitrogen and oxygen atoms in total. The van der Waals surface area contributed by atoms with Gasteiger partial charge in [0.1, 0.15) is 0 Å². The van der Waals surface area contributed by atoms with E-state index in [0.717, 1.165) is 32.4 Å². The Morgan fingerprint density at radius 3 is 2.50 bits per heavy atom. The third-order valence-electron chi connectivity index (χ3n) is 3.02. The lowest BCUT2D eigenvalue weighted by Crippen LogP contribution is -2.44. The minimum atomic E-state index is 0.0884. The number of ether oxygens (including phenoxy) is 1. The number of carbonyl (C=O) groups is 1. The van der Waals surface area contributed by atoms with Crippen LogP contribution in [-0.4, -0.2) is 43.8 Å². The first-order chi connectivity index (χ1) is 7.74. The van der Waals surface area contributed by atoms with Crippen molar-refractivity contribution in [2.24, 2.45) is 0 Å². The van der Waals surface area contributed by atoms with Gasteiger partial charge in [-0.25, -0.2) is 4.79 Å². The molecule has 1 rings (SSSR count). The van der Waals surface area contributed by atoms with Crippen LogP contribution in [0.4, 0.5) is 4.79 Å². The maximum atomic E-state index is 11.9. The molecule has 1 saturated heterocycles. The molecule has 0 radical (unpaired) electrons. The molecule has 0 bridgehead atoms. The Balaban J connectivity index is 2.26. The minimum absolute atomic E-state index is 0.0884. The van der Waals surface area contributed by atoms with Crippen molar-refractivity contribution in [1.82, 2.24) is 10.2 Å². The fraction of sp³-hybridized carbons (Fsp3) is 0.917. The summed E-state index contributed by atoms with van der Waals surface area (Å²) in [4.78, 5) is 13.8. The van der Waals surface area contributed by atoms with E-state index in [1.54, 1.807) is 7.11 Å². The van der Waals surface area contributed by atoms with E-state index in [9.17, 15) is 4.79 Å². The summed E-state index contributed by atoms with van der Waals surface area (Å²) in [5.41, 5.74) is 0. The topological polar surface area (TPSA) is 41.6 Å². The highest BCUT2D eigenvalue weighted by Gasteiger charge is 2.16. The van der Waals surface area contributed by atoms with E-state index in [2.05, 4.69) is 5.32 Å². The van der Waals surface area contributed by atoms with Crippen molar-refractivity contribution < 1.29 is 9.53 Å². The summed E-state index contributed by atoms with van der Waals surface area (Å²) in [7, 11) is 1.68. The Morgan fingerprint density at radius 1 is 1.31 bits per heavy atom. The second-order valence-corrected chi connectivity index (χ2v) is 4.53. The van der Waals surface area contributed by atoms with Crippen LogP contribution >= 0.6 is 0 Å². The zero-order chi connectivity index (χ0) is 11.8. The SMILES string of the molecule is COCCC(C)NC(=O)N1CCCCCC1. The Labute approximate surface area is 98.3 Å². The van der Waals surface area contributed by atoms with Crippen LogP contribution in [0.5, 0.6) is 0 Å². The second-order valence-electron chi connectivity index (χ2n) is 4.53. The predicted octanol–water partition coefficient (Wildman–Crippen LogP) is 2.00. The van der Waals surface area contributed by atoms with Gasteiger partial charge in [-0.2, -0.15) is 0 Å². The van der Waals surface area contributed by atoms with Crippen molar-refractivity contribution in [1.29, 1.82) is 0 Å². The number of likely N-dealkylation sites (tertiary alicyclic amines) is 1. The number of urea groups is 1. The number of hydrogen-bond donors (Lipinski definition) is 1. The van der Waals surface area contributed by atoms with Crippen LogP contribution in [0.1, 0.15) is 39.0 Å². The van der Waals surface area contributed by atoms with Crippen LogP contribution < -0.4 is 5.32 Å². The van der Waals surface area contributed by atoms with Crippen LogP contribution in [0, 0.1) is 0 Å². The quantitative estimate of drug-likeness (QED) is 0.799. The van der Waals surface area contributed by atoms with Gasteiger partial charge in [0.15, 0.2) is 0 Å². The van der Waals surface area contributed by atoms with Crippen LogP contribution in [0.2, 0.25) is 0 Å². The van der Waals surface area contributed by atoms with E-state index < -0.39 is 0 Å². The van der Waals surface area contributed by atoms with Crippen molar-refractivity contribution in [2.45, 2.75) is 45.1 Å². The van der Waals surface area contributed by atoms with E-state index >= 15 is 0 Å². The lowest BCUT2D eigenvalue weighted by molar-refractivity contribution is 0.175. The summed E-state index contributed by atoms with van der Waals surface area (Å²) in [6.07, 6.45) is 5.65. The summed E-state index contributed by atoms with van der Waals surface area (Å²) in [5, 5.41) is 3.02. The number of hydrogen-bond acceptors (Lipinski definition) is 2. The maximum Gasteiger partial charge on any atom is 0.317 e. The van der Waals surface area contributed by atoms with Crippen molar-refractivity contribution in [3.05, 3.63) is 0 Å². The molecule has 1 atom stereocenters. The van der Waals surface area contributed by atoms with Gasteiger partial charge in [0.2, 0.25) is 0 Å². The zero-order valence-corrected chi connectivity index (χ0v) is 10.5. The molecule has 1 heterocycles. The average Bonchev–Trinajstić information content (AvgIpc) is 2.54. The number of nitrogens with one attached hydrogen (secondary N) is 1. The normalized spacial score (nSPS) is 19.0. The summed E-state index contributed by atoms with van der Waals surface area (Å²) in [5.74, 6) is 0. The molecule has 0 aliphatic carbocycles. The molecular weight excluding hydrogens is 204 g/mol. The molecule has 1 aliphatic rings. The third-order valence-corrected chi connectivity index (χ3v) is 3.02. The minimum Gasteiger partial charge on any atom is -0.385 e.